The Morgan fingerprint density at radius 2 is 1.24 bits per heavy atom. The van der Waals surface area contributed by atoms with Gasteiger partial charge in [-0.25, -0.2) is 8.42 Å². The summed E-state index contributed by atoms with van der Waals surface area (Å²) in [6.07, 6.45) is 13.5. The van der Waals surface area contributed by atoms with E-state index in [0.717, 1.165) is 44.6 Å². The first-order chi connectivity index (χ1) is 15.1. The number of quaternary nitrogens is 1. The molecule has 1 amide bonds. The average Bonchev–Trinajstić information content (AvgIpc) is 2.69. The molecule has 0 rings (SSSR count). The summed E-state index contributed by atoms with van der Waals surface area (Å²) in [6.45, 7) is 4.19. The molecule has 12 nitrogen and oxygen atoms in total. The first-order valence-electron chi connectivity index (χ1n) is 11.2. The van der Waals surface area contributed by atoms with Crippen LogP contribution in [0.15, 0.2) is 0 Å². The molecule has 0 fully saturated rings. The van der Waals surface area contributed by atoms with Gasteiger partial charge < -0.3 is 20.5 Å². The summed E-state index contributed by atoms with van der Waals surface area (Å²) < 4.78 is 61.7. The van der Waals surface area contributed by atoms with E-state index in [9.17, 15) is 26.2 Å². The molecule has 0 bridgehead atoms. The Morgan fingerprint density at radius 1 is 0.853 bits per heavy atom. The second-order valence-corrected chi connectivity index (χ2v) is 10.8. The number of carbonyl (C=O) groups is 1. The monoisotopic (exact) mass is 539 g/mol. The molecule has 0 aromatic carbocycles. The molecule has 0 heterocycles. The van der Waals surface area contributed by atoms with Crippen LogP contribution in [0.2, 0.25) is 0 Å². The standard InChI is InChI=1S/C18H38N2O.2CH4O4S.H3N/c1-5-6-7-8-9-10-11-12-13-15-18(21)19-16-14-17-20(2,3)4;2*1-5-6(2,3)4;/h5-17H2,1-4H3;2*1H3,(H,2,3,4);1H3. The summed E-state index contributed by atoms with van der Waals surface area (Å²) in [6, 6.07) is 0. The number of hydrogen-bond acceptors (Lipinski definition) is 9. The van der Waals surface area contributed by atoms with Crippen molar-refractivity contribution in [1.29, 1.82) is 0 Å². The van der Waals surface area contributed by atoms with E-state index in [1.807, 2.05) is 0 Å². The molecule has 5 N–H and O–H groups in total. The Labute approximate surface area is 207 Å². The first-order valence-corrected chi connectivity index (χ1v) is 13.9. The minimum atomic E-state index is -4.41. The van der Waals surface area contributed by atoms with Crippen molar-refractivity contribution in [3.63, 3.8) is 0 Å². The predicted molar refractivity (Wildman–Crippen MR) is 133 cm³/mol. The molecule has 0 saturated heterocycles. The van der Waals surface area contributed by atoms with Crippen LogP contribution in [-0.4, -0.2) is 84.8 Å². The van der Waals surface area contributed by atoms with Crippen molar-refractivity contribution in [2.45, 2.75) is 77.6 Å². The summed E-state index contributed by atoms with van der Waals surface area (Å²) in [7, 11) is -0.342. The van der Waals surface area contributed by atoms with Crippen molar-refractivity contribution in [1.82, 2.24) is 11.5 Å². The molecule has 0 atom stereocenters. The minimum Gasteiger partial charge on any atom is -0.726 e. The lowest BCUT2D eigenvalue weighted by Crippen LogP contribution is -2.37. The quantitative estimate of drug-likeness (QED) is 0.114. The van der Waals surface area contributed by atoms with Gasteiger partial charge in [0.15, 0.2) is 0 Å². The van der Waals surface area contributed by atoms with Gasteiger partial charge in [0.25, 0.3) is 0 Å². The number of amides is 1. The lowest BCUT2D eigenvalue weighted by Gasteiger charge is -2.23. The summed E-state index contributed by atoms with van der Waals surface area (Å²) >= 11 is 0. The fraction of sp³-hybridized carbons (Fsp3) is 0.950. The van der Waals surface area contributed by atoms with E-state index in [2.05, 4.69) is 41.7 Å². The van der Waals surface area contributed by atoms with Crippen LogP contribution in [0.4, 0.5) is 0 Å². The number of hydrogen-bond donors (Lipinski definition) is 3. The van der Waals surface area contributed by atoms with Gasteiger partial charge in [0.2, 0.25) is 16.3 Å². The molecule has 34 heavy (non-hydrogen) atoms. The van der Waals surface area contributed by atoms with Crippen LogP contribution in [0.5, 0.6) is 0 Å². The van der Waals surface area contributed by atoms with Crippen LogP contribution in [0.3, 0.4) is 0 Å². The van der Waals surface area contributed by atoms with E-state index >= 15 is 0 Å². The lowest BCUT2D eigenvalue weighted by molar-refractivity contribution is -0.870. The Hall–Kier alpha value is -0.870. The molecule has 0 unspecified atom stereocenters. The largest absolute Gasteiger partial charge is 0.726 e. The van der Waals surface area contributed by atoms with Crippen molar-refractivity contribution in [2.24, 2.45) is 0 Å². The molecule has 0 aromatic rings. The zero-order chi connectivity index (χ0) is 26.4. The third-order valence-electron chi connectivity index (χ3n) is 4.25. The van der Waals surface area contributed by atoms with Gasteiger partial charge in [-0.3, -0.25) is 17.7 Å². The number of unbranched alkanes of at least 4 members (excludes halogenated alkanes) is 8. The molecule has 0 aliphatic rings. The van der Waals surface area contributed by atoms with Gasteiger partial charge in [0, 0.05) is 19.4 Å². The Balaban J connectivity index is -0.000000284. The van der Waals surface area contributed by atoms with E-state index in [4.69, 9.17) is 4.55 Å². The Kier molecular flexibility index (Phi) is 28.3. The van der Waals surface area contributed by atoms with Gasteiger partial charge >= 0.3 is 10.4 Å². The Morgan fingerprint density at radius 3 is 1.56 bits per heavy atom. The molecule has 0 saturated carbocycles. The highest BCUT2D eigenvalue weighted by Gasteiger charge is 2.06. The summed E-state index contributed by atoms with van der Waals surface area (Å²) in [4.78, 5) is 11.7. The summed E-state index contributed by atoms with van der Waals surface area (Å²) in [5.41, 5.74) is 0. The average molecular weight is 540 g/mol. The normalized spacial score (nSPS) is 11.3. The molecule has 0 aliphatic carbocycles. The zero-order valence-electron chi connectivity index (χ0n) is 21.9. The van der Waals surface area contributed by atoms with Crippen molar-refractivity contribution < 1.29 is 43.6 Å². The topological polar surface area (TPSA) is 194 Å². The Bertz CT molecular complexity index is 633. The summed E-state index contributed by atoms with van der Waals surface area (Å²) in [5, 5.41) is 3.03. The van der Waals surface area contributed by atoms with Crippen molar-refractivity contribution in [3.05, 3.63) is 0 Å². The molecule has 0 radical (unpaired) electrons. The lowest BCUT2D eigenvalue weighted by atomic mass is 10.1. The molecule has 14 heteroatoms. The summed E-state index contributed by atoms with van der Waals surface area (Å²) in [5.74, 6) is 0.236. The maximum Gasteiger partial charge on any atom is 0.397 e. The minimum absolute atomic E-state index is 0. The van der Waals surface area contributed by atoms with Crippen molar-refractivity contribution >= 4 is 26.7 Å². The van der Waals surface area contributed by atoms with Crippen LogP contribution >= 0.6 is 0 Å². The SMILES string of the molecule is CCCCCCCCCCCC(=O)NCCC[N+](C)(C)C.COS(=O)(=O)O.COS(=O)(=O)[O-].N. The molecule has 0 aliphatic heterocycles. The number of nitrogens with zero attached hydrogens (tertiary/aromatic N) is 1. The van der Waals surface area contributed by atoms with Crippen molar-refractivity contribution in [2.75, 3.05) is 48.5 Å². The van der Waals surface area contributed by atoms with Gasteiger partial charge in [-0.15, -0.1) is 0 Å². The van der Waals surface area contributed by atoms with Gasteiger partial charge in [0.1, 0.15) is 0 Å². The van der Waals surface area contributed by atoms with Crippen LogP contribution in [0, 0.1) is 0 Å². The van der Waals surface area contributed by atoms with E-state index in [1.165, 1.54) is 51.4 Å². The predicted octanol–water partition coefficient (Wildman–Crippen LogP) is 2.81. The highest BCUT2D eigenvalue weighted by molar-refractivity contribution is 7.81. The molecule has 0 aromatic heterocycles. The molecule has 210 valence electrons. The maximum atomic E-state index is 11.7. The fourth-order valence-corrected chi connectivity index (χ4v) is 2.47. The van der Waals surface area contributed by atoms with Gasteiger partial charge in [-0.1, -0.05) is 58.3 Å². The molecular weight excluding hydrogens is 490 g/mol. The van der Waals surface area contributed by atoms with E-state index in [-0.39, 0.29) is 12.1 Å². The number of nitrogens with one attached hydrogen (secondary N) is 1. The highest BCUT2D eigenvalue weighted by atomic mass is 32.3. The zero-order valence-corrected chi connectivity index (χ0v) is 23.5. The van der Waals surface area contributed by atoms with Gasteiger partial charge in [-0.05, 0) is 6.42 Å². The smallest absolute Gasteiger partial charge is 0.397 e. The second-order valence-electron chi connectivity index (χ2n) is 8.47. The van der Waals surface area contributed by atoms with Crippen molar-refractivity contribution in [3.8, 4) is 0 Å². The van der Waals surface area contributed by atoms with E-state index in [0.29, 0.717) is 6.42 Å². The first kappa shape index (κ1) is 40.3. The molecule has 0 spiro atoms. The third kappa shape index (κ3) is 48.5. The number of carbonyl (C=O) groups excluding carboxylic acids is 1. The van der Waals surface area contributed by atoms with Crippen LogP contribution in [0.25, 0.3) is 0 Å². The van der Waals surface area contributed by atoms with Crippen LogP contribution in [-0.2, 0) is 34.0 Å². The highest BCUT2D eigenvalue weighted by Crippen LogP contribution is 2.10. The third-order valence-corrected chi connectivity index (χ3v) is 5.08. The van der Waals surface area contributed by atoms with E-state index < -0.39 is 20.8 Å². The van der Waals surface area contributed by atoms with Crippen LogP contribution in [0.1, 0.15) is 77.6 Å². The second kappa shape index (κ2) is 23.9. The van der Waals surface area contributed by atoms with Gasteiger partial charge in [0.05, 0.1) is 41.9 Å². The van der Waals surface area contributed by atoms with Crippen LogP contribution < -0.4 is 11.5 Å². The fourth-order valence-electron chi connectivity index (χ4n) is 2.47. The maximum absolute atomic E-state index is 11.7. The number of rotatable bonds is 16. The van der Waals surface area contributed by atoms with Gasteiger partial charge in [-0.2, -0.15) is 8.42 Å². The molecular formula is C20H49N3O9S2. The van der Waals surface area contributed by atoms with E-state index in [1.54, 1.807) is 0 Å².